The smallest absolute Gasteiger partial charge is 0.317 e. The molecular formula is C14H19BrN2O2S. The van der Waals surface area contributed by atoms with Gasteiger partial charge in [0.2, 0.25) is 0 Å². The van der Waals surface area contributed by atoms with E-state index in [1.807, 2.05) is 10.3 Å². The van der Waals surface area contributed by atoms with Gasteiger partial charge in [-0.3, -0.25) is 0 Å². The molecule has 2 aliphatic rings. The van der Waals surface area contributed by atoms with Crippen molar-refractivity contribution in [2.75, 3.05) is 19.8 Å². The van der Waals surface area contributed by atoms with E-state index in [-0.39, 0.29) is 6.03 Å². The van der Waals surface area contributed by atoms with Crippen molar-refractivity contribution in [3.05, 3.63) is 20.8 Å². The van der Waals surface area contributed by atoms with E-state index in [0.717, 1.165) is 43.5 Å². The fraction of sp³-hybridized carbons (Fsp3) is 0.643. The van der Waals surface area contributed by atoms with Crippen molar-refractivity contribution < 1.29 is 9.53 Å². The standard InChI is InChI=1S/C14H19BrN2O2S/c15-11-5-13(20-9-11)6-16-14(18)17(12-1-2-12)7-10-3-4-19-8-10/h5,9-10,12H,1-4,6-8H2,(H,16,18). The molecule has 0 spiro atoms. The quantitative estimate of drug-likeness (QED) is 0.877. The van der Waals surface area contributed by atoms with Gasteiger partial charge in [0.15, 0.2) is 0 Å². The van der Waals surface area contributed by atoms with Crippen molar-refractivity contribution >= 4 is 33.3 Å². The normalized spacial score (nSPS) is 21.9. The fourth-order valence-electron chi connectivity index (χ4n) is 2.50. The third-order valence-corrected chi connectivity index (χ3v) is 5.46. The molecule has 110 valence electrons. The lowest BCUT2D eigenvalue weighted by atomic mass is 10.1. The number of halogens is 1. The number of thiophene rings is 1. The van der Waals surface area contributed by atoms with Gasteiger partial charge in [0.1, 0.15) is 0 Å². The maximum absolute atomic E-state index is 12.4. The molecule has 1 unspecified atom stereocenters. The molecule has 1 saturated carbocycles. The van der Waals surface area contributed by atoms with E-state index in [0.29, 0.717) is 18.5 Å². The van der Waals surface area contributed by atoms with Crippen LogP contribution >= 0.6 is 27.3 Å². The van der Waals surface area contributed by atoms with Crippen molar-refractivity contribution in [3.8, 4) is 0 Å². The number of amides is 2. The SMILES string of the molecule is O=C(NCc1cc(Br)cs1)N(CC1CCOC1)C1CC1. The number of ether oxygens (including phenoxy) is 1. The second-order valence-corrected chi connectivity index (χ2v) is 7.41. The minimum Gasteiger partial charge on any atom is -0.381 e. The van der Waals surface area contributed by atoms with Crippen LogP contribution in [0.3, 0.4) is 0 Å². The molecule has 6 heteroatoms. The molecule has 1 atom stereocenters. The summed E-state index contributed by atoms with van der Waals surface area (Å²) >= 11 is 5.09. The van der Waals surface area contributed by atoms with E-state index in [1.54, 1.807) is 11.3 Å². The van der Waals surface area contributed by atoms with Gasteiger partial charge in [-0.05, 0) is 41.3 Å². The van der Waals surface area contributed by atoms with E-state index in [1.165, 1.54) is 4.88 Å². The fourth-order valence-corrected chi connectivity index (χ4v) is 3.89. The van der Waals surface area contributed by atoms with Crippen LogP contribution in [0.25, 0.3) is 0 Å². The van der Waals surface area contributed by atoms with Gasteiger partial charge in [0, 0.05) is 39.8 Å². The van der Waals surface area contributed by atoms with Crippen LogP contribution in [0.1, 0.15) is 24.1 Å². The first-order valence-electron chi connectivity index (χ1n) is 7.07. The third-order valence-electron chi connectivity index (χ3n) is 3.76. The van der Waals surface area contributed by atoms with Crippen molar-refractivity contribution in [2.24, 2.45) is 5.92 Å². The Morgan fingerprint density at radius 1 is 1.50 bits per heavy atom. The number of carbonyl (C=O) groups is 1. The molecule has 2 fully saturated rings. The van der Waals surface area contributed by atoms with Crippen molar-refractivity contribution in [1.82, 2.24) is 10.2 Å². The van der Waals surface area contributed by atoms with Crippen LogP contribution in [0.4, 0.5) is 4.79 Å². The lowest BCUT2D eigenvalue weighted by Gasteiger charge is -2.25. The Hall–Kier alpha value is -0.590. The van der Waals surface area contributed by atoms with Crippen LogP contribution in [-0.4, -0.2) is 36.7 Å². The molecule has 1 aliphatic heterocycles. The number of nitrogens with zero attached hydrogens (tertiary/aromatic N) is 1. The zero-order valence-corrected chi connectivity index (χ0v) is 13.7. The third kappa shape index (κ3) is 3.74. The lowest BCUT2D eigenvalue weighted by Crippen LogP contribution is -2.43. The summed E-state index contributed by atoms with van der Waals surface area (Å²) in [6, 6.07) is 2.58. The Balaban J connectivity index is 1.52. The summed E-state index contributed by atoms with van der Waals surface area (Å²) < 4.78 is 6.49. The Kier molecular flexibility index (Phi) is 4.63. The molecule has 2 heterocycles. The number of urea groups is 1. The van der Waals surface area contributed by atoms with Crippen LogP contribution in [0, 0.1) is 5.92 Å². The average molecular weight is 359 g/mol. The molecule has 0 bridgehead atoms. The highest BCUT2D eigenvalue weighted by atomic mass is 79.9. The molecule has 20 heavy (non-hydrogen) atoms. The predicted octanol–water partition coefficient (Wildman–Crippen LogP) is 3.22. The van der Waals surface area contributed by atoms with Crippen LogP contribution in [0.15, 0.2) is 15.9 Å². The van der Waals surface area contributed by atoms with E-state index < -0.39 is 0 Å². The van der Waals surface area contributed by atoms with Crippen LogP contribution in [0.5, 0.6) is 0 Å². The highest BCUT2D eigenvalue weighted by Gasteiger charge is 2.34. The van der Waals surface area contributed by atoms with E-state index in [4.69, 9.17) is 4.74 Å². The molecular weight excluding hydrogens is 340 g/mol. The van der Waals surface area contributed by atoms with Crippen molar-refractivity contribution in [1.29, 1.82) is 0 Å². The number of carbonyl (C=O) groups excluding carboxylic acids is 1. The van der Waals surface area contributed by atoms with Gasteiger partial charge in [-0.25, -0.2) is 4.79 Å². The Labute approximate surface area is 131 Å². The summed E-state index contributed by atoms with van der Waals surface area (Å²) in [4.78, 5) is 15.5. The van der Waals surface area contributed by atoms with Crippen LogP contribution in [0.2, 0.25) is 0 Å². The average Bonchev–Trinajstić information content (AvgIpc) is 2.97. The monoisotopic (exact) mass is 358 g/mol. The minimum atomic E-state index is 0.0731. The van der Waals surface area contributed by atoms with E-state index >= 15 is 0 Å². The summed E-state index contributed by atoms with van der Waals surface area (Å²) in [5.41, 5.74) is 0. The largest absolute Gasteiger partial charge is 0.381 e. The minimum absolute atomic E-state index is 0.0731. The number of hydrogen-bond acceptors (Lipinski definition) is 3. The second kappa shape index (κ2) is 6.45. The lowest BCUT2D eigenvalue weighted by molar-refractivity contribution is 0.162. The summed E-state index contributed by atoms with van der Waals surface area (Å²) in [7, 11) is 0. The maximum atomic E-state index is 12.4. The van der Waals surface area contributed by atoms with Crippen LogP contribution < -0.4 is 5.32 Å². The Bertz CT molecular complexity index is 469. The van der Waals surface area contributed by atoms with E-state index in [2.05, 4.69) is 27.3 Å². The first kappa shape index (κ1) is 14.4. The second-order valence-electron chi connectivity index (χ2n) is 5.50. The Morgan fingerprint density at radius 2 is 2.35 bits per heavy atom. The van der Waals surface area contributed by atoms with Gasteiger partial charge in [0.25, 0.3) is 0 Å². The summed E-state index contributed by atoms with van der Waals surface area (Å²) in [5, 5.41) is 5.08. The number of nitrogens with one attached hydrogen (secondary N) is 1. The first-order valence-corrected chi connectivity index (χ1v) is 8.75. The number of rotatable bonds is 5. The van der Waals surface area contributed by atoms with Gasteiger partial charge in [-0.15, -0.1) is 11.3 Å². The topological polar surface area (TPSA) is 41.6 Å². The molecule has 1 saturated heterocycles. The molecule has 2 amide bonds. The zero-order chi connectivity index (χ0) is 13.9. The molecule has 4 nitrogen and oxygen atoms in total. The molecule has 0 radical (unpaired) electrons. The van der Waals surface area contributed by atoms with Gasteiger partial charge in [0.05, 0.1) is 13.2 Å². The molecule has 1 aliphatic carbocycles. The van der Waals surface area contributed by atoms with Gasteiger partial charge in [-0.2, -0.15) is 0 Å². The molecule has 3 rings (SSSR count). The summed E-state index contributed by atoms with van der Waals surface area (Å²) in [6.45, 7) is 3.09. The maximum Gasteiger partial charge on any atom is 0.317 e. The predicted molar refractivity (Wildman–Crippen MR) is 82.9 cm³/mol. The number of hydrogen-bond donors (Lipinski definition) is 1. The van der Waals surface area contributed by atoms with Gasteiger partial charge in [-0.1, -0.05) is 0 Å². The van der Waals surface area contributed by atoms with Crippen molar-refractivity contribution in [3.63, 3.8) is 0 Å². The molecule has 1 N–H and O–H groups in total. The summed E-state index contributed by atoms with van der Waals surface area (Å²) in [5.74, 6) is 0.511. The van der Waals surface area contributed by atoms with E-state index in [9.17, 15) is 4.79 Å². The van der Waals surface area contributed by atoms with Gasteiger partial charge >= 0.3 is 6.03 Å². The molecule has 1 aromatic heterocycles. The Morgan fingerprint density at radius 3 is 2.95 bits per heavy atom. The highest BCUT2D eigenvalue weighted by Crippen LogP contribution is 2.29. The highest BCUT2D eigenvalue weighted by molar-refractivity contribution is 9.10. The molecule has 1 aromatic rings. The first-order chi connectivity index (χ1) is 9.72. The molecule has 0 aromatic carbocycles. The summed E-state index contributed by atoms with van der Waals surface area (Å²) in [6.07, 6.45) is 3.37. The van der Waals surface area contributed by atoms with Crippen LogP contribution in [-0.2, 0) is 11.3 Å². The van der Waals surface area contributed by atoms with Gasteiger partial charge < -0.3 is 15.0 Å². The zero-order valence-electron chi connectivity index (χ0n) is 11.3. The van der Waals surface area contributed by atoms with Crippen molar-refractivity contribution in [2.45, 2.75) is 31.8 Å².